The Hall–Kier alpha value is -1.20. The minimum Gasteiger partial charge on any atom is -0.375 e. The lowest BCUT2D eigenvalue weighted by atomic mass is 10.2. The van der Waals surface area contributed by atoms with Gasteiger partial charge in [-0.1, -0.05) is 13.8 Å². The van der Waals surface area contributed by atoms with E-state index in [-0.39, 0.29) is 0 Å². The highest BCUT2D eigenvalue weighted by atomic mass is 16.5. The maximum atomic E-state index is 5.66. The summed E-state index contributed by atoms with van der Waals surface area (Å²) in [7, 11) is 0. The third kappa shape index (κ3) is 4.14. The molecule has 1 aliphatic rings. The summed E-state index contributed by atoms with van der Waals surface area (Å²) in [5.74, 6) is 0.820. The number of anilines is 1. The lowest BCUT2D eigenvalue weighted by Gasteiger charge is -2.32. The van der Waals surface area contributed by atoms with E-state index in [1.165, 1.54) is 0 Å². The first-order chi connectivity index (χ1) is 9.33. The van der Waals surface area contributed by atoms with Gasteiger partial charge in [-0.05, 0) is 19.4 Å². The van der Waals surface area contributed by atoms with E-state index in [1.54, 1.807) is 0 Å². The van der Waals surface area contributed by atoms with Crippen molar-refractivity contribution in [3.8, 4) is 0 Å². The molecule has 1 aliphatic heterocycles. The van der Waals surface area contributed by atoms with Gasteiger partial charge in [0.25, 0.3) is 0 Å². The highest BCUT2D eigenvalue weighted by Crippen LogP contribution is 2.14. The van der Waals surface area contributed by atoms with Crippen molar-refractivity contribution in [3.63, 3.8) is 0 Å². The van der Waals surface area contributed by atoms with Crippen LogP contribution in [0.1, 0.15) is 32.3 Å². The molecule has 106 valence electrons. The molecule has 0 bridgehead atoms. The SMILES string of the molecule is CCCNCc1cnc(N2CCOC(CC)C2)nc1. The molecule has 1 unspecified atom stereocenters. The number of ether oxygens (including phenoxy) is 1. The van der Waals surface area contributed by atoms with E-state index >= 15 is 0 Å². The predicted molar refractivity (Wildman–Crippen MR) is 76.3 cm³/mol. The summed E-state index contributed by atoms with van der Waals surface area (Å²) in [6.45, 7) is 8.72. The third-order valence-corrected chi connectivity index (χ3v) is 3.32. The molecule has 1 N–H and O–H groups in total. The molecule has 0 amide bonds. The molecule has 2 rings (SSSR count). The summed E-state index contributed by atoms with van der Waals surface area (Å²) in [5, 5.41) is 3.35. The lowest BCUT2D eigenvalue weighted by Crippen LogP contribution is -2.43. The monoisotopic (exact) mass is 264 g/mol. The summed E-state index contributed by atoms with van der Waals surface area (Å²) in [4.78, 5) is 11.1. The molecule has 19 heavy (non-hydrogen) atoms. The summed E-state index contributed by atoms with van der Waals surface area (Å²) in [5.41, 5.74) is 1.14. The zero-order chi connectivity index (χ0) is 13.5. The maximum Gasteiger partial charge on any atom is 0.225 e. The Bertz CT molecular complexity index is 368. The van der Waals surface area contributed by atoms with Gasteiger partial charge in [0.2, 0.25) is 5.95 Å². The molecule has 1 saturated heterocycles. The van der Waals surface area contributed by atoms with Gasteiger partial charge >= 0.3 is 0 Å². The number of hydrogen-bond donors (Lipinski definition) is 1. The number of nitrogens with one attached hydrogen (secondary N) is 1. The van der Waals surface area contributed by atoms with Gasteiger partial charge in [0.05, 0.1) is 12.7 Å². The van der Waals surface area contributed by atoms with Crippen LogP contribution in [-0.4, -0.2) is 42.3 Å². The summed E-state index contributed by atoms with van der Waals surface area (Å²) in [6, 6.07) is 0. The molecule has 1 fully saturated rings. The van der Waals surface area contributed by atoms with Crippen LogP contribution in [0.2, 0.25) is 0 Å². The van der Waals surface area contributed by atoms with Crippen molar-refractivity contribution in [1.82, 2.24) is 15.3 Å². The molecule has 1 aromatic heterocycles. The molecule has 0 spiro atoms. The van der Waals surface area contributed by atoms with Crippen molar-refractivity contribution in [3.05, 3.63) is 18.0 Å². The van der Waals surface area contributed by atoms with Crippen LogP contribution in [0.5, 0.6) is 0 Å². The van der Waals surface area contributed by atoms with Crippen molar-refractivity contribution in [2.45, 2.75) is 39.3 Å². The van der Waals surface area contributed by atoms with E-state index < -0.39 is 0 Å². The standard InChI is InChI=1S/C14H24N4O/c1-3-5-15-8-12-9-16-14(17-10-12)18-6-7-19-13(4-2)11-18/h9-10,13,15H,3-8,11H2,1-2H3. The number of rotatable bonds is 6. The van der Waals surface area contributed by atoms with Crippen molar-refractivity contribution >= 4 is 5.95 Å². The topological polar surface area (TPSA) is 50.3 Å². The van der Waals surface area contributed by atoms with Gasteiger partial charge in [0.15, 0.2) is 0 Å². The molecule has 1 aromatic rings. The van der Waals surface area contributed by atoms with Crippen molar-refractivity contribution < 1.29 is 4.74 Å². The van der Waals surface area contributed by atoms with E-state index in [0.717, 1.165) is 57.1 Å². The van der Waals surface area contributed by atoms with Crippen LogP contribution in [0, 0.1) is 0 Å². The average Bonchev–Trinajstić information content (AvgIpc) is 2.48. The Morgan fingerprint density at radius 3 is 2.84 bits per heavy atom. The zero-order valence-electron chi connectivity index (χ0n) is 11.9. The van der Waals surface area contributed by atoms with Crippen LogP contribution in [-0.2, 0) is 11.3 Å². The minimum absolute atomic E-state index is 0.309. The van der Waals surface area contributed by atoms with E-state index in [4.69, 9.17) is 4.74 Å². The second-order valence-electron chi connectivity index (χ2n) is 4.92. The molecule has 0 aromatic carbocycles. The number of hydrogen-bond acceptors (Lipinski definition) is 5. The largest absolute Gasteiger partial charge is 0.375 e. The fourth-order valence-electron chi connectivity index (χ4n) is 2.16. The fourth-order valence-corrected chi connectivity index (χ4v) is 2.16. The van der Waals surface area contributed by atoms with Gasteiger partial charge in [-0.15, -0.1) is 0 Å². The molecule has 5 nitrogen and oxygen atoms in total. The summed E-state index contributed by atoms with van der Waals surface area (Å²) >= 11 is 0. The summed E-state index contributed by atoms with van der Waals surface area (Å²) in [6.07, 6.45) is 6.33. The van der Waals surface area contributed by atoms with Crippen molar-refractivity contribution in [2.75, 3.05) is 31.1 Å². The number of morpholine rings is 1. The average molecular weight is 264 g/mol. The van der Waals surface area contributed by atoms with Crippen LogP contribution in [0.25, 0.3) is 0 Å². The van der Waals surface area contributed by atoms with Gasteiger partial charge in [0.1, 0.15) is 0 Å². The van der Waals surface area contributed by atoms with Crippen LogP contribution >= 0.6 is 0 Å². The first kappa shape index (κ1) is 14.2. The van der Waals surface area contributed by atoms with Crippen molar-refractivity contribution in [1.29, 1.82) is 0 Å². The van der Waals surface area contributed by atoms with Gasteiger partial charge in [-0.25, -0.2) is 9.97 Å². The fraction of sp³-hybridized carbons (Fsp3) is 0.714. The number of nitrogens with zero attached hydrogens (tertiary/aromatic N) is 3. The molecule has 2 heterocycles. The number of aromatic nitrogens is 2. The van der Waals surface area contributed by atoms with Crippen LogP contribution in [0.15, 0.2) is 12.4 Å². The van der Waals surface area contributed by atoms with E-state index in [2.05, 4.69) is 34.0 Å². The molecule has 0 saturated carbocycles. The molecule has 1 atom stereocenters. The first-order valence-electron chi connectivity index (χ1n) is 7.21. The Morgan fingerprint density at radius 1 is 1.37 bits per heavy atom. The van der Waals surface area contributed by atoms with E-state index in [0.29, 0.717) is 6.10 Å². The Kier molecular flexibility index (Phi) is 5.54. The van der Waals surface area contributed by atoms with Gasteiger partial charge in [0, 0.05) is 37.6 Å². The molecule has 5 heteroatoms. The van der Waals surface area contributed by atoms with Gasteiger partial charge < -0.3 is 15.0 Å². The van der Waals surface area contributed by atoms with Gasteiger partial charge in [-0.3, -0.25) is 0 Å². The molecular formula is C14H24N4O. The quantitative estimate of drug-likeness (QED) is 0.791. The van der Waals surface area contributed by atoms with Crippen LogP contribution in [0.4, 0.5) is 5.95 Å². The second-order valence-corrected chi connectivity index (χ2v) is 4.92. The Morgan fingerprint density at radius 2 is 2.16 bits per heavy atom. The molecular weight excluding hydrogens is 240 g/mol. The first-order valence-corrected chi connectivity index (χ1v) is 7.21. The maximum absolute atomic E-state index is 5.66. The second kappa shape index (κ2) is 7.40. The highest BCUT2D eigenvalue weighted by molar-refractivity contribution is 5.30. The Labute approximate surface area is 115 Å². The Balaban J connectivity index is 1.90. The summed E-state index contributed by atoms with van der Waals surface area (Å²) < 4.78 is 5.66. The third-order valence-electron chi connectivity index (χ3n) is 3.32. The van der Waals surface area contributed by atoms with Crippen molar-refractivity contribution in [2.24, 2.45) is 0 Å². The lowest BCUT2D eigenvalue weighted by molar-refractivity contribution is 0.0379. The molecule has 0 aliphatic carbocycles. The predicted octanol–water partition coefficient (Wildman–Crippen LogP) is 1.59. The van der Waals surface area contributed by atoms with E-state index in [9.17, 15) is 0 Å². The van der Waals surface area contributed by atoms with Crippen LogP contribution < -0.4 is 10.2 Å². The molecule has 0 radical (unpaired) electrons. The normalized spacial score (nSPS) is 19.7. The van der Waals surface area contributed by atoms with Crippen LogP contribution in [0.3, 0.4) is 0 Å². The minimum atomic E-state index is 0.309. The smallest absolute Gasteiger partial charge is 0.225 e. The van der Waals surface area contributed by atoms with Gasteiger partial charge in [-0.2, -0.15) is 0 Å². The van der Waals surface area contributed by atoms with E-state index in [1.807, 2.05) is 12.4 Å². The highest BCUT2D eigenvalue weighted by Gasteiger charge is 2.20. The zero-order valence-corrected chi connectivity index (χ0v) is 11.9.